The SMILES string of the molecule is Cn1c(=O)c2c(OCc3ccccc3)c(C(=O)NC3CCCc4ccccc43)sc2c2ccccc21. The van der Waals surface area contributed by atoms with Crippen LogP contribution >= 0.6 is 11.3 Å². The van der Waals surface area contributed by atoms with Crippen molar-refractivity contribution in [2.75, 3.05) is 0 Å². The standard InChI is InChI=1S/C30H26N2O3S/c1-32-24-17-8-7-15-22(24)27-25(30(32)34)26(35-18-19-10-3-2-4-11-19)28(36-27)29(33)31-23-16-9-13-20-12-5-6-14-21(20)23/h2-8,10-12,14-15,17,23H,9,13,16,18H2,1H3,(H,31,33). The molecular weight excluding hydrogens is 468 g/mol. The van der Waals surface area contributed by atoms with Gasteiger partial charge in [0.1, 0.15) is 16.9 Å². The van der Waals surface area contributed by atoms with Crippen LogP contribution in [-0.4, -0.2) is 10.5 Å². The summed E-state index contributed by atoms with van der Waals surface area (Å²) < 4.78 is 8.70. The third-order valence-corrected chi connectivity index (χ3v) is 8.20. The highest BCUT2D eigenvalue weighted by atomic mass is 32.1. The van der Waals surface area contributed by atoms with Crippen LogP contribution in [0.5, 0.6) is 5.75 Å². The van der Waals surface area contributed by atoms with Crippen LogP contribution in [0.25, 0.3) is 21.0 Å². The Hall–Kier alpha value is -3.90. The van der Waals surface area contributed by atoms with Crippen LogP contribution in [0.2, 0.25) is 0 Å². The van der Waals surface area contributed by atoms with Gasteiger partial charge in [-0.3, -0.25) is 9.59 Å². The second kappa shape index (κ2) is 9.28. The number of aromatic nitrogens is 1. The quantitative estimate of drug-likeness (QED) is 0.319. The lowest BCUT2D eigenvalue weighted by Gasteiger charge is -2.26. The van der Waals surface area contributed by atoms with E-state index in [4.69, 9.17) is 4.74 Å². The van der Waals surface area contributed by atoms with Gasteiger partial charge in [0.25, 0.3) is 11.5 Å². The molecule has 0 saturated heterocycles. The van der Waals surface area contributed by atoms with Gasteiger partial charge >= 0.3 is 0 Å². The Labute approximate surface area is 213 Å². The molecule has 5 aromatic rings. The van der Waals surface area contributed by atoms with E-state index in [0.29, 0.717) is 16.0 Å². The van der Waals surface area contributed by atoms with Crippen LogP contribution < -0.4 is 15.6 Å². The molecule has 1 atom stereocenters. The topological polar surface area (TPSA) is 60.3 Å². The number of fused-ring (bicyclic) bond motifs is 4. The highest BCUT2D eigenvalue weighted by Gasteiger charge is 2.28. The molecule has 1 unspecified atom stereocenters. The van der Waals surface area contributed by atoms with Crippen molar-refractivity contribution in [2.24, 2.45) is 7.05 Å². The first-order valence-electron chi connectivity index (χ1n) is 12.2. The highest BCUT2D eigenvalue weighted by Crippen LogP contribution is 2.40. The molecule has 0 spiro atoms. The van der Waals surface area contributed by atoms with E-state index in [1.165, 1.54) is 22.5 Å². The molecule has 180 valence electrons. The zero-order valence-electron chi connectivity index (χ0n) is 20.0. The van der Waals surface area contributed by atoms with Crippen molar-refractivity contribution >= 4 is 38.2 Å². The number of benzene rings is 3. The number of ether oxygens (including phenoxy) is 1. The molecule has 1 amide bonds. The van der Waals surface area contributed by atoms with E-state index in [2.05, 4.69) is 17.4 Å². The van der Waals surface area contributed by atoms with Gasteiger partial charge in [0.15, 0.2) is 5.75 Å². The van der Waals surface area contributed by atoms with E-state index >= 15 is 0 Å². The maximum Gasteiger partial charge on any atom is 0.265 e. The smallest absolute Gasteiger partial charge is 0.265 e. The van der Waals surface area contributed by atoms with Crippen molar-refractivity contribution in [3.05, 3.63) is 111 Å². The molecule has 0 saturated carbocycles. The molecule has 0 fully saturated rings. The van der Waals surface area contributed by atoms with Crippen molar-refractivity contribution in [1.29, 1.82) is 0 Å². The minimum Gasteiger partial charge on any atom is -0.486 e. The van der Waals surface area contributed by atoms with Gasteiger partial charge in [-0.25, -0.2) is 0 Å². The van der Waals surface area contributed by atoms with Gasteiger partial charge in [0.2, 0.25) is 0 Å². The molecule has 1 N–H and O–H groups in total. The van der Waals surface area contributed by atoms with Gasteiger partial charge in [-0.2, -0.15) is 0 Å². The Bertz CT molecular complexity index is 1650. The molecule has 6 rings (SSSR count). The van der Waals surface area contributed by atoms with E-state index in [9.17, 15) is 9.59 Å². The second-order valence-electron chi connectivity index (χ2n) is 9.24. The van der Waals surface area contributed by atoms with Crippen molar-refractivity contribution in [1.82, 2.24) is 9.88 Å². The second-order valence-corrected chi connectivity index (χ2v) is 10.3. The Morgan fingerprint density at radius 3 is 2.64 bits per heavy atom. The van der Waals surface area contributed by atoms with Crippen LogP contribution in [0.1, 0.15) is 45.2 Å². The summed E-state index contributed by atoms with van der Waals surface area (Å²) >= 11 is 1.34. The van der Waals surface area contributed by atoms with Crippen LogP contribution in [-0.2, 0) is 20.1 Å². The molecule has 36 heavy (non-hydrogen) atoms. The molecule has 2 aromatic heterocycles. The maximum absolute atomic E-state index is 13.8. The summed E-state index contributed by atoms with van der Waals surface area (Å²) in [5.41, 5.74) is 4.10. The van der Waals surface area contributed by atoms with Crippen LogP contribution in [0.4, 0.5) is 0 Å². The minimum atomic E-state index is -0.202. The number of pyridine rings is 1. The number of para-hydroxylation sites is 1. The molecule has 5 nitrogen and oxygen atoms in total. The Morgan fingerprint density at radius 1 is 1.03 bits per heavy atom. The summed E-state index contributed by atoms with van der Waals surface area (Å²) in [6, 6.07) is 25.8. The molecule has 0 bridgehead atoms. The number of nitrogens with zero attached hydrogens (tertiary/aromatic N) is 1. The number of amides is 1. The Kier molecular flexibility index (Phi) is 5.82. The van der Waals surface area contributed by atoms with E-state index in [-0.39, 0.29) is 24.1 Å². The normalized spacial score (nSPS) is 15.1. The zero-order chi connectivity index (χ0) is 24.6. The highest BCUT2D eigenvalue weighted by molar-refractivity contribution is 7.22. The molecular formula is C30H26N2O3S. The van der Waals surface area contributed by atoms with E-state index in [1.54, 1.807) is 11.6 Å². The fraction of sp³-hybridized carbons (Fsp3) is 0.200. The van der Waals surface area contributed by atoms with Crippen molar-refractivity contribution < 1.29 is 9.53 Å². The number of carbonyl (C=O) groups is 1. The monoisotopic (exact) mass is 494 g/mol. The number of thiophene rings is 1. The molecule has 0 radical (unpaired) electrons. The molecule has 2 heterocycles. The molecule has 3 aromatic carbocycles. The lowest BCUT2D eigenvalue weighted by Crippen LogP contribution is -2.30. The van der Waals surface area contributed by atoms with Gasteiger partial charge in [0.05, 0.1) is 16.3 Å². The van der Waals surface area contributed by atoms with Crippen LogP contribution in [0.3, 0.4) is 0 Å². The fourth-order valence-electron chi connectivity index (χ4n) is 5.18. The number of nitrogens with one attached hydrogen (secondary N) is 1. The first-order chi connectivity index (χ1) is 17.6. The summed E-state index contributed by atoms with van der Waals surface area (Å²) in [5, 5.41) is 4.66. The fourth-order valence-corrected chi connectivity index (χ4v) is 6.35. The van der Waals surface area contributed by atoms with Gasteiger partial charge in [-0.05, 0) is 42.0 Å². The van der Waals surface area contributed by atoms with Crippen molar-refractivity contribution in [3.63, 3.8) is 0 Å². The lowest BCUT2D eigenvalue weighted by atomic mass is 9.88. The summed E-state index contributed by atoms with van der Waals surface area (Å²) in [6.45, 7) is 0.273. The largest absolute Gasteiger partial charge is 0.486 e. The maximum atomic E-state index is 13.8. The first kappa shape index (κ1) is 22.6. The summed E-state index contributed by atoms with van der Waals surface area (Å²) in [5.74, 6) is 0.166. The molecule has 6 heteroatoms. The molecule has 1 aliphatic rings. The Balaban J connectivity index is 1.47. The van der Waals surface area contributed by atoms with Crippen molar-refractivity contribution in [2.45, 2.75) is 31.9 Å². The third kappa shape index (κ3) is 3.88. The zero-order valence-corrected chi connectivity index (χ0v) is 20.8. The predicted octanol–water partition coefficient (Wildman–Crippen LogP) is 6.14. The van der Waals surface area contributed by atoms with Gasteiger partial charge in [0, 0.05) is 12.4 Å². The van der Waals surface area contributed by atoms with Gasteiger partial charge in [-0.1, -0.05) is 72.8 Å². The van der Waals surface area contributed by atoms with Crippen LogP contribution in [0.15, 0.2) is 83.7 Å². The average molecular weight is 495 g/mol. The number of aryl methyl sites for hydroxylation is 2. The summed E-state index contributed by atoms with van der Waals surface area (Å²) in [4.78, 5) is 27.7. The minimum absolute atomic E-state index is 0.0609. The van der Waals surface area contributed by atoms with Crippen molar-refractivity contribution in [3.8, 4) is 5.75 Å². The van der Waals surface area contributed by atoms with E-state index in [0.717, 1.165) is 40.4 Å². The first-order valence-corrected chi connectivity index (χ1v) is 13.0. The average Bonchev–Trinajstić information content (AvgIpc) is 3.31. The van der Waals surface area contributed by atoms with E-state index in [1.807, 2.05) is 66.7 Å². The molecule has 1 aliphatic carbocycles. The molecule has 0 aliphatic heterocycles. The lowest BCUT2D eigenvalue weighted by molar-refractivity contribution is 0.0933. The Morgan fingerprint density at radius 2 is 1.78 bits per heavy atom. The number of rotatable bonds is 5. The predicted molar refractivity (Wildman–Crippen MR) is 145 cm³/mol. The summed E-state index contributed by atoms with van der Waals surface area (Å²) in [6.07, 6.45) is 2.94. The number of carbonyl (C=O) groups excluding carboxylic acids is 1. The van der Waals surface area contributed by atoms with Gasteiger partial charge < -0.3 is 14.6 Å². The number of hydrogen-bond donors (Lipinski definition) is 1. The van der Waals surface area contributed by atoms with E-state index < -0.39 is 0 Å². The summed E-state index contributed by atoms with van der Waals surface area (Å²) in [7, 11) is 1.77. The van der Waals surface area contributed by atoms with Crippen LogP contribution in [0, 0.1) is 0 Å². The third-order valence-electron chi connectivity index (χ3n) is 7.00. The van der Waals surface area contributed by atoms with Gasteiger partial charge in [-0.15, -0.1) is 11.3 Å². The number of hydrogen-bond acceptors (Lipinski definition) is 4.